The molecule has 3 amide bonds. The van der Waals surface area contributed by atoms with Crippen molar-refractivity contribution >= 4 is 11.9 Å². The number of hydrogen-bond acceptors (Lipinski definition) is 3. The van der Waals surface area contributed by atoms with Crippen LogP contribution in [0, 0.1) is 0 Å². The van der Waals surface area contributed by atoms with Crippen molar-refractivity contribution in [3.8, 4) is 0 Å². The molecule has 0 aliphatic carbocycles. The van der Waals surface area contributed by atoms with Crippen molar-refractivity contribution in [1.29, 1.82) is 0 Å². The summed E-state index contributed by atoms with van der Waals surface area (Å²) in [6.45, 7) is 5.47. The van der Waals surface area contributed by atoms with Crippen molar-refractivity contribution in [3.63, 3.8) is 0 Å². The standard InChI is InChI=1S/C16H23N3O3/c1-11-9-19(10-12(2)22-11)14(13-7-5-4-6-8-13)15(20)18-16(21)17-3/h4-8,11-12,14H,9-10H2,1-3H3,(H2,17,18,20,21)/p+1/t11-,12+,14-/m0/s1. The summed E-state index contributed by atoms with van der Waals surface area (Å²) < 4.78 is 5.75. The minimum absolute atomic E-state index is 0.0813. The predicted molar refractivity (Wildman–Crippen MR) is 82.5 cm³/mol. The van der Waals surface area contributed by atoms with Crippen LogP contribution >= 0.6 is 0 Å². The molecule has 120 valence electrons. The largest absolute Gasteiger partial charge is 0.364 e. The minimum atomic E-state index is -0.486. The van der Waals surface area contributed by atoms with E-state index in [1.54, 1.807) is 0 Å². The van der Waals surface area contributed by atoms with Gasteiger partial charge in [0.1, 0.15) is 25.3 Å². The minimum Gasteiger partial charge on any atom is -0.364 e. The average molecular weight is 306 g/mol. The summed E-state index contributed by atoms with van der Waals surface area (Å²) in [6.07, 6.45) is 0.163. The van der Waals surface area contributed by atoms with Gasteiger partial charge in [-0.15, -0.1) is 0 Å². The lowest BCUT2D eigenvalue weighted by atomic mass is 10.0. The third-order valence-corrected chi connectivity index (χ3v) is 3.83. The van der Waals surface area contributed by atoms with Crippen LogP contribution in [0.4, 0.5) is 4.79 Å². The summed E-state index contributed by atoms with van der Waals surface area (Å²) in [5.74, 6) is -0.290. The first-order valence-electron chi connectivity index (χ1n) is 7.58. The number of benzene rings is 1. The fourth-order valence-corrected chi connectivity index (χ4v) is 3.01. The predicted octanol–water partition coefficient (Wildman–Crippen LogP) is -0.125. The van der Waals surface area contributed by atoms with Crippen LogP contribution in [0.3, 0.4) is 0 Å². The van der Waals surface area contributed by atoms with Crippen molar-refractivity contribution in [2.75, 3.05) is 20.1 Å². The molecular weight excluding hydrogens is 282 g/mol. The number of carbonyl (C=O) groups is 2. The smallest absolute Gasteiger partial charge is 0.321 e. The summed E-state index contributed by atoms with van der Waals surface area (Å²) in [5, 5.41) is 4.82. The number of imide groups is 1. The van der Waals surface area contributed by atoms with Crippen LogP contribution in [0.5, 0.6) is 0 Å². The molecule has 1 aliphatic heterocycles. The second kappa shape index (κ2) is 7.38. The molecule has 0 aromatic heterocycles. The Bertz CT molecular complexity index is 511. The van der Waals surface area contributed by atoms with E-state index in [1.807, 2.05) is 44.2 Å². The van der Waals surface area contributed by atoms with Gasteiger partial charge >= 0.3 is 6.03 Å². The van der Waals surface area contributed by atoms with E-state index in [2.05, 4.69) is 10.6 Å². The highest BCUT2D eigenvalue weighted by molar-refractivity contribution is 5.96. The molecule has 1 unspecified atom stereocenters. The summed E-state index contributed by atoms with van der Waals surface area (Å²) in [7, 11) is 1.49. The lowest BCUT2D eigenvalue weighted by Gasteiger charge is -2.36. The Kier molecular flexibility index (Phi) is 5.51. The zero-order valence-electron chi connectivity index (χ0n) is 13.3. The van der Waals surface area contributed by atoms with Gasteiger partial charge in [0.05, 0.1) is 0 Å². The maximum absolute atomic E-state index is 12.6. The first-order chi connectivity index (χ1) is 10.5. The zero-order valence-corrected chi connectivity index (χ0v) is 13.3. The highest BCUT2D eigenvalue weighted by Gasteiger charge is 2.37. The highest BCUT2D eigenvalue weighted by Crippen LogP contribution is 2.12. The average Bonchev–Trinajstić information content (AvgIpc) is 2.47. The molecular formula is C16H24N3O3+. The van der Waals surface area contributed by atoms with Gasteiger partial charge in [-0.2, -0.15) is 0 Å². The van der Waals surface area contributed by atoms with Gasteiger partial charge in [0.15, 0.2) is 6.04 Å². The van der Waals surface area contributed by atoms with Gasteiger partial charge in [-0.3, -0.25) is 10.1 Å². The molecule has 4 atom stereocenters. The van der Waals surface area contributed by atoms with Gasteiger partial charge < -0.3 is 15.0 Å². The third-order valence-electron chi connectivity index (χ3n) is 3.83. The lowest BCUT2D eigenvalue weighted by Crippen LogP contribution is -3.16. The molecule has 22 heavy (non-hydrogen) atoms. The Balaban J connectivity index is 2.25. The molecule has 1 aromatic rings. The van der Waals surface area contributed by atoms with E-state index in [-0.39, 0.29) is 18.1 Å². The molecule has 1 saturated heterocycles. The van der Waals surface area contributed by atoms with E-state index in [4.69, 9.17) is 4.74 Å². The Morgan fingerprint density at radius 1 is 1.18 bits per heavy atom. The quantitative estimate of drug-likeness (QED) is 0.729. The monoisotopic (exact) mass is 306 g/mol. The maximum atomic E-state index is 12.6. The van der Waals surface area contributed by atoms with Crippen LogP contribution < -0.4 is 15.5 Å². The Hall–Kier alpha value is -1.92. The molecule has 0 radical (unpaired) electrons. The molecule has 1 heterocycles. The highest BCUT2D eigenvalue weighted by atomic mass is 16.5. The summed E-state index contributed by atoms with van der Waals surface area (Å²) in [6, 6.07) is 8.66. The molecule has 6 nitrogen and oxygen atoms in total. The zero-order chi connectivity index (χ0) is 16.1. The summed E-state index contributed by atoms with van der Waals surface area (Å²) in [4.78, 5) is 25.2. The SMILES string of the molecule is CNC(=O)NC(=O)[C@H](c1ccccc1)[NH+]1C[C@@H](C)O[C@@H](C)C1. The second-order valence-corrected chi connectivity index (χ2v) is 5.74. The molecule has 6 heteroatoms. The molecule has 1 aromatic carbocycles. The van der Waals surface area contributed by atoms with Gasteiger partial charge in [-0.25, -0.2) is 4.79 Å². The van der Waals surface area contributed by atoms with Gasteiger partial charge in [-0.05, 0) is 13.8 Å². The van der Waals surface area contributed by atoms with Crippen molar-refractivity contribution in [3.05, 3.63) is 35.9 Å². The number of hydrogen-bond donors (Lipinski definition) is 3. The van der Waals surface area contributed by atoms with Crippen molar-refractivity contribution in [2.24, 2.45) is 0 Å². The molecule has 0 saturated carbocycles. The molecule has 1 fully saturated rings. The lowest BCUT2D eigenvalue weighted by molar-refractivity contribution is -0.936. The molecule has 0 spiro atoms. The van der Waals surface area contributed by atoms with Crippen molar-refractivity contribution in [1.82, 2.24) is 10.6 Å². The second-order valence-electron chi connectivity index (χ2n) is 5.74. The van der Waals surface area contributed by atoms with Crippen LogP contribution in [0.2, 0.25) is 0 Å². The van der Waals surface area contributed by atoms with Crippen LogP contribution in [0.25, 0.3) is 0 Å². The van der Waals surface area contributed by atoms with Crippen molar-refractivity contribution < 1.29 is 19.2 Å². The van der Waals surface area contributed by atoms with E-state index in [0.717, 1.165) is 23.6 Å². The number of quaternary nitrogens is 1. The van der Waals surface area contributed by atoms with Crippen LogP contribution in [-0.4, -0.2) is 44.3 Å². The van der Waals surface area contributed by atoms with E-state index in [9.17, 15) is 9.59 Å². The number of urea groups is 1. The molecule has 1 aliphatic rings. The van der Waals surface area contributed by atoms with Gasteiger partial charge in [0, 0.05) is 12.6 Å². The summed E-state index contributed by atoms with van der Waals surface area (Å²) >= 11 is 0. The fraction of sp³-hybridized carbons (Fsp3) is 0.500. The number of carbonyl (C=O) groups excluding carboxylic acids is 2. The Morgan fingerprint density at radius 3 is 2.32 bits per heavy atom. The van der Waals surface area contributed by atoms with E-state index < -0.39 is 12.1 Å². The Morgan fingerprint density at radius 2 is 1.77 bits per heavy atom. The van der Waals surface area contributed by atoms with Gasteiger partial charge in [0.2, 0.25) is 0 Å². The van der Waals surface area contributed by atoms with E-state index >= 15 is 0 Å². The number of nitrogens with one attached hydrogen (secondary N) is 3. The van der Waals surface area contributed by atoms with Gasteiger partial charge in [0.25, 0.3) is 5.91 Å². The van der Waals surface area contributed by atoms with Crippen LogP contribution in [0.15, 0.2) is 30.3 Å². The Labute approximate surface area is 130 Å². The number of amides is 3. The van der Waals surface area contributed by atoms with Crippen LogP contribution in [-0.2, 0) is 9.53 Å². The van der Waals surface area contributed by atoms with E-state index in [0.29, 0.717) is 0 Å². The first-order valence-corrected chi connectivity index (χ1v) is 7.58. The topological polar surface area (TPSA) is 71.9 Å². The van der Waals surface area contributed by atoms with Crippen LogP contribution in [0.1, 0.15) is 25.5 Å². The maximum Gasteiger partial charge on any atom is 0.321 e. The number of morpholine rings is 1. The first kappa shape index (κ1) is 16.5. The number of rotatable bonds is 3. The number of ether oxygens (including phenoxy) is 1. The van der Waals surface area contributed by atoms with Crippen molar-refractivity contribution in [2.45, 2.75) is 32.1 Å². The third kappa shape index (κ3) is 4.05. The fourth-order valence-electron chi connectivity index (χ4n) is 3.01. The molecule has 3 N–H and O–H groups in total. The molecule has 2 rings (SSSR count). The molecule has 0 bridgehead atoms. The van der Waals surface area contributed by atoms with Gasteiger partial charge in [-0.1, -0.05) is 30.3 Å². The normalized spacial score (nSPS) is 26.0. The van der Waals surface area contributed by atoms with E-state index in [1.165, 1.54) is 7.05 Å². The summed E-state index contributed by atoms with van der Waals surface area (Å²) in [5.41, 5.74) is 0.903.